The quantitative estimate of drug-likeness (QED) is 0.861. The Labute approximate surface area is 96.7 Å². The van der Waals surface area contributed by atoms with Crippen LogP contribution < -0.4 is 0 Å². The van der Waals surface area contributed by atoms with Crippen molar-refractivity contribution in [1.82, 2.24) is 9.97 Å². The summed E-state index contributed by atoms with van der Waals surface area (Å²) in [6.07, 6.45) is 1.66. The molecule has 0 aliphatic heterocycles. The molecule has 92 valence electrons. The van der Waals surface area contributed by atoms with Gasteiger partial charge in [0.25, 0.3) is 0 Å². The Morgan fingerprint density at radius 1 is 1.29 bits per heavy atom. The molecule has 0 spiro atoms. The molecule has 0 aromatic carbocycles. The van der Waals surface area contributed by atoms with Crippen LogP contribution >= 0.6 is 0 Å². The fraction of sp³-hybridized carbons (Fsp3) is 0.545. The van der Waals surface area contributed by atoms with Crippen LogP contribution in [-0.2, 0) is 10.2 Å². The highest BCUT2D eigenvalue weighted by Gasteiger charge is 2.49. The number of carbonyl (C=O) groups is 1. The summed E-state index contributed by atoms with van der Waals surface area (Å²) in [7, 11) is 0. The minimum Gasteiger partial charge on any atom is -0.481 e. The monoisotopic (exact) mass is 242 g/mol. The van der Waals surface area contributed by atoms with E-state index in [0.29, 0.717) is 5.69 Å². The Kier molecular flexibility index (Phi) is 2.81. The standard InChI is InChI=1S/C11H12F2N2O2/c12-11(13)4-2-10(3-5-11,9(16)17)8-1-6-14-7-15-8/h1,6-7H,2-5H2,(H,16,17). The van der Waals surface area contributed by atoms with E-state index in [-0.39, 0.29) is 12.8 Å². The zero-order valence-electron chi connectivity index (χ0n) is 9.07. The maximum atomic E-state index is 13.1. The molecule has 0 saturated heterocycles. The molecule has 0 radical (unpaired) electrons. The molecule has 1 N–H and O–H groups in total. The molecule has 0 unspecified atom stereocenters. The number of hydrogen-bond donors (Lipinski definition) is 1. The highest BCUT2D eigenvalue weighted by molar-refractivity contribution is 5.80. The first kappa shape index (κ1) is 11.9. The second-order valence-electron chi connectivity index (χ2n) is 4.34. The third kappa shape index (κ3) is 2.11. The van der Waals surface area contributed by atoms with Crippen LogP contribution in [0.1, 0.15) is 31.4 Å². The number of aromatic nitrogens is 2. The number of rotatable bonds is 2. The molecule has 0 bridgehead atoms. The Balaban J connectivity index is 2.33. The highest BCUT2D eigenvalue weighted by Crippen LogP contribution is 2.44. The second kappa shape index (κ2) is 4.01. The highest BCUT2D eigenvalue weighted by atomic mass is 19.3. The smallest absolute Gasteiger partial charge is 0.315 e. The van der Waals surface area contributed by atoms with E-state index in [1.54, 1.807) is 0 Å². The maximum absolute atomic E-state index is 13.1. The lowest BCUT2D eigenvalue weighted by Crippen LogP contribution is -2.43. The predicted molar refractivity (Wildman–Crippen MR) is 54.8 cm³/mol. The van der Waals surface area contributed by atoms with Gasteiger partial charge >= 0.3 is 5.97 Å². The Bertz CT molecular complexity index is 413. The largest absolute Gasteiger partial charge is 0.481 e. The van der Waals surface area contributed by atoms with Crippen molar-refractivity contribution in [3.05, 3.63) is 24.3 Å². The van der Waals surface area contributed by atoms with Crippen molar-refractivity contribution in [2.45, 2.75) is 37.0 Å². The van der Waals surface area contributed by atoms with E-state index in [0.717, 1.165) is 0 Å². The van der Waals surface area contributed by atoms with Gasteiger partial charge in [0, 0.05) is 19.0 Å². The van der Waals surface area contributed by atoms with Gasteiger partial charge in [0.2, 0.25) is 5.92 Å². The first-order chi connectivity index (χ1) is 7.96. The molecule has 17 heavy (non-hydrogen) atoms. The number of nitrogens with zero attached hydrogens (tertiary/aromatic N) is 2. The average molecular weight is 242 g/mol. The molecule has 1 aromatic heterocycles. The van der Waals surface area contributed by atoms with Gasteiger partial charge in [-0.3, -0.25) is 4.79 Å². The van der Waals surface area contributed by atoms with E-state index in [2.05, 4.69) is 9.97 Å². The number of alkyl halides is 2. The maximum Gasteiger partial charge on any atom is 0.315 e. The third-order valence-electron chi connectivity index (χ3n) is 3.32. The van der Waals surface area contributed by atoms with Gasteiger partial charge in [-0.05, 0) is 18.9 Å². The molecule has 1 heterocycles. The van der Waals surface area contributed by atoms with E-state index in [1.807, 2.05) is 0 Å². The molecular weight excluding hydrogens is 230 g/mol. The van der Waals surface area contributed by atoms with Crippen molar-refractivity contribution >= 4 is 5.97 Å². The van der Waals surface area contributed by atoms with Crippen LogP contribution in [-0.4, -0.2) is 27.0 Å². The van der Waals surface area contributed by atoms with Gasteiger partial charge in [-0.25, -0.2) is 18.7 Å². The first-order valence-electron chi connectivity index (χ1n) is 5.34. The summed E-state index contributed by atoms with van der Waals surface area (Å²) >= 11 is 0. The van der Waals surface area contributed by atoms with Crippen molar-refractivity contribution in [3.63, 3.8) is 0 Å². The van der Waals surface area contributed by atoms with Crippen LogP contribution in [0.15, 0.2) is 18.6 Å². The number of hydrogen-bond acceptors (Lipinski definition) is 3. The molecule has 1 saturated carbocycles. The lowest BCUT2D eigenvalue weighted by Gasteiger charge is -2.36. The lowest BCUT2D eigenvalue weighted by atomic mass is 9.70. The number of carboxylic acids is 1. The summed E-state index contributed by atoms with van der Waals surface area (Å²) in [4.78, 5) is 19.0. The van der Waals surface area contributed by atoms with Gasteiger partial charge in [0.15, 0.2) is 0 Å². The van der Waals surface area contributed by atoms with Crippen molar-refractivity contribution in [2.24, 2.45) is 0 Å². The van der Waals surface area contributed by atoms with Crippen molar-refractivity contribution in [1.29, 1.82) is 0 Å². The molecule has 4 nitrogen and oxygen atoms in total. The van der Waals surface area contributed by atoms with E-state index in [1.165, 1.54) is 18.6 Å². The van der Waals surface area contributed by atoms with E-state index in [4.69, 9.17) is 0 Å². The molecule has 1 aliphatic rings. The number of aliphatic carboxylic acids is 1. The van der Waals surface area contributed by atoms with Crippen LogP contribution in [0.3, 0.4) is 0 Å². The van der Waals surface area contributed by atoms with Crippen LogP contribution in [0.5, 0.6) is 0 Å². The van der Waals surface area contributed by atoms with Crippen LogP contribution in [0, 0.1) is 0 Å². The zero-order chi connectivity index (χ0) is 12.5. The SMILES string of the molecule is O=C(O)C1(c2ccncn2)CCC(F)(F)CC1. The average Bonchev–Trinajstić information content (AvgIpc) is 2.30. The molecule has 0 atom stereocenters. The van der Waals surface area contributed by atoms with E-state index >= 15 is 0 Å². The van der Waals surface area contributed by atoms with E-state index in [9.17, 15) is 18.7 Å². The number of halogens is 2. The second-order valence-corrected chi connectivity index (χ2v) is 4.34. The Morgan fingerprint density at radius 2 is 1.94 bits per heavy atom. The fourth-order valence-corrected chi connectivity index (χ4v) is 2.20. The molecule has 1 aromatic rings. The normalized spacial score (nSPS) is 22.0. The zero-order valence-corrected chi connectivity index (χ0v) is 9.07. The molecule has 1 aliphatic carbocycles. The van der Waals surface area contributed by atoms with Crippen molar-refractivity contribution in [3.8, 4) is 0 Å². The summed E-state index contributed by atoms with van der Waals surface area (Å²) in [6.45, 7) is 0. The lowest BCUT2D eigenvalue weighted by molar-refractivity contribution is -0.149. The summed E-state index contributed by atoms with van der Waals surface area (Å²) < 4.78 is 26.2. The first-order valence-corrected chi connectivity index (χ1v) is 5.34. The van der Waals surface area contributed by atoms with Crippen LogP contribution in [0.25, 0.3) is 0 Å². The fourth-order valence-electron chi connectivity index (χ4n) is 2.20. The molecular formula is C11H12F2N2O2. The molecule has 0 amide bonds. The van der Waals surface area contributed by atoms with Crippen LogP contribution in [0.2, 0.25) is 0 Å². The third-order valence-corrected chi connectivity index (χ3v) is 3.32. The molecule has 1 fully saturated rings. The van der Waals surface area contributed by atoms with Gasteiger partial charge in [0.05, 0.1) is 5.69 Å². The Morgan fingerprint density at radius 3 is 2.41 bits per heavy atom. The minimum absolute atomic E-state index is 0.0909. The van der Waals surface area contributed by atoms with Gasteiger partial charge < -0.3 is 5.11 Å². The van der Waals surface area contributed by atoms with Crippen molar-refractivity contribution < 1.29 is 18.7 Å². The number of carboxylic acid groups (broad SMARTS) is 1. The predicted octanol–water partition coefficient (Wildman–Crippen LogP) is 2.01. The summed E-state index contributed by atoms with van der Waals surface area (Å²) in [5.41, 5.74) is -0.972. The summed E-state index contributed by atoms with van der Waals surface area (Å²) in [6, 6.07) is 1.48. The van der Waals surface area contributed by atoms with Gasteiger partial charge in [-0.2, -0.15) is 0 Å². The molecule has 6 heteroatoms. The van der Waals surface area contributed by atoms with Crippen LogP contribution in [0.4, 0.5) is 8.78 Å². The van der Waals surface area contributed by atoms with Gasteiger partial charge in [0.1, 0.15) is 11.7 Å². The van der Waals surface area contributed by atoms with Crippen molar-refractivity contribution in [2.75, 3.05) is 0 Å². The van der Waals surface area contributed by atoms with Gasteiger partial charge in [-0.1, -0.05) is 0 Å². The summed E-state index contributed by atoms with van der Waals surface area (Å²) in [5.74, 6) is -3.85. The minimum atomic E-state index is -2.76. The Hall–Kier alpha value is -1.59. The summed E-state index contributed by atoms with van der Waals surface area (Å²) in [5, 5.41) is 9.31. The topological polar surface area (TPSA) is 63.1 Å². The van der Waals surface area contributed by atoms with E-state index < -0.39 is 30.1 Å². The van der Waals surface area contributed by atoms with Gasteiger partial charge in [-0.15, -0.1) is 0 Å². The molecule has 2 rings (SSSR count).